The summed E-state index contributed by atoms with van der Waals surface area (Å²) in [4.78, 5) is 26.9. The normalized spacial score (nSPS) is 14.3. The van der Waals surface area contributed by atoms with Crippen LogP contribution in [0.1, 0.15) is 52.4 Å². The zero-order valence-electron chi connectivity index (χ0n) is 19.4. The first-order valence-corrected chi connectivity index (χ1v) is 11.6. The van der Waals surface area contributed by atoms with Crippen LogP contribution in [0.25, 0.3) is 0 Å². The SMILES string of the molecule is COc1cc(C(=O)O)ccc1CC(=O)NC(c1ccccc1)c1ccccc1N1CCCCC1. The largest absolute Gasteiger partial charge is 0.496 e. The van der Waals surface area contributed by atoms with Gasteiger partial charge in [0.15, 0.2) is 0 Å². The lowest BCUT2D eigenvalue weighted by Crippen LogP contribution is -2.34. The van der Waals surface area contributed by atoms with Crippen LogP contribution in [0.2, 0.25) is 0 Å². The number of methoxy groups -OCH3 is 1. The Morgan fingerprint density at radius 3 is 2.38 bits per heavy atom. The Hall–Kier alpha value is -3.80. The number of carboxylic acids is 1. The van der Waals surface area contributed by atoms with Crippen LogP contribution in [0.5, 0.6) is 5.75 Å². The monoisotopic (exact) mass is 458 g/mol. The van der Waals surface area contributed by atoms with Gasteiger partial charge in [0.2, 0.25) is 5.91 Å². The zero-order chi connectivity index (χ0) is 23.9. The molecule has 0 bridgehead atoms. The summed E-state index contributed by atoms with van der Waals surface area (Å²) in [6, 6.07) is 22.5. The second-order valence-corrected chi connectivity index (χ2v) is 8.53. The van der Waals surface area contributed by atoms with E-state index in [1.807, 2.05) is 42.5 Å². The van der Waals surface area contributed by atoms with E-state index < -0.39 is 5.97 Å². The number of nitrogens with zero attached hydrogens (tertiary/aromatic N) is 1. The van der Waals surface area contributed by atoms with Crippen molar-refractivity contribution in [2.75, 3.05) is 25.1 Å². The molecule has 1 aliphatic heterocycles. The predicted octanol–water partition coefficient (Wildman–Crippen LogP) is 4.83. The molecular weight excluding hydrogens is 428 g/mol. The number of piperidine rings is 1. The fourth-order valence-electron chi connectivity index (χ4n) is 4.55. The van der Waals surface area contributed by atoms with E-state index in [2.05, 4.69) is 22.3 Å². The Labute approximate surface area is 200 Å². The van der Waals surface area contributed by atoms with Gasteiger partial charge in [0.05, 0.1) is 25.1 Å². The molecule has 6 nitrogen and oxygen atoms in total. The highest BCUT2D eigenvalue weighted by Crippen LogP contribution is 2.33. The number of amides is 1. The predicted molar refractivity (Wildman–Crippen MR) is 133 cm³/mol. The highest BCUT2D eigenvalue weighted by atomic mass is 16.5. The van der Waals surface area contributed by atoms with Crippen LogP contribution in [0.15, 0.2) is 72.8 Å². The van der Waals surface area contributed by atoms with Gasteiger partial charge >= 0.3 is 5.97 Å². The average Bonchev–Trinajstić information content (AvgIpc) is 2.88. The van der Waals surface area contributed by atoms with Crippen molar-refractivity contribution in [3.8, 4) is 5.75 Å². The van der Waals surface area contributed by atoms with Crippen molar-refractivity contribution in [2.24, 2.45) is 0 Å². The Morgan fingerprint density at radius 2 is 1.68 bits per heavy atom. The summed E-state index contributed by atoms with van der Waals surface area (Å²) in [6.07, 6.45) is 3.67. The zero-order valence-corrected chi connectivity index (χ0v) is 19.4. The van der Waals surface area contributed by atoms with Crippen molar-refractivity contribution in [3.05, 3.63) is 95.1 Å². The van der Waals surface area contributed by atoms with Crippen LogP contribution in [0.3, 0.4) is 0 Å². The Balaban J connectivity index is 1.63. The molecule has 1 unspecified atom stereocenters. The quantitative estimate of drug-likeness (QED) is 0.505. The van der Waals surface area contributed by atoms with Crippen molar-refractivity contribution in [2.45, 2.75) is 31.7 Å². The topological polar surface area (TPSA) is 78.9 Å². The number of para-hydroxylation sites is 1. The van der Waals surface area contributed by atoms with Gasteiger partial charge in [0.25, 0.3) is 0 Å². The number of benzene rings is 3. The second kappa shape index (κ2) is 10.9. The van der Waals surface area contributed by atoms with Crippen molar-refractivity contribution in [1.29, 1.82) is 0 Å². The van der Waals surface area contributed by atoms with E-state index in [-0.39, 0.29) is 23.9 Å². The van der Waals surface area contributed by atoms with Gasteiger partial charge in [0, 0.05) is 29.9 Å². The fraction of sp³-hybridized carbons (Fsp3) is 0.286. The van der Waals surface area contributed by atoms with E-state index in [9.17, 15) is 14.7 Å². The van der Waals surface area contributed by atoms with Crippen LogP contribution < -0.4 is 15.0 Å². The van der Waals surface area contributed by atoms with E-state index in [1.54, 1.807) is 6.07 Å². The number of carboxylic acid groups (broad SMARTS) is 1. The molecule has 1 saturated heterocycles. The van der Waals surface area contributed by atoms with Crippen LogP contribution in [-0.4, -0.2) is 37.2 Å². The maximum absolute atomic E-state index is 13.2. The first-order valence-electron chi connectivity index (χ1n) is 11.6. The molecular formula is C28H30N2O4. The Morgan fingerprint density at radius 1 is 0.971 bits per heavy atom. The summed E-state index contributed by atoms with van der Waals surface area (Å²) in [7, 11) is 1.48. The lowest BCUT2D eigenvalue weighted by atomic mass is 9.95. The average molecular weight is 459 g/mol. The van der Waals surface area contributed by atoms with Gasteiger partial charge in [-0.15, -0.1) is 0 Å². The van der Waals surface area contributed by atoms with Crippen molar-refractivity contribution in [1.82, 2.24) is 5.32 Å². The molecule has 6 heteroatoms. The minimum Gasteiger partial charge on any atom is -0.496 e. The number of nitrogens with one attached hydrogen (secondary N) is 1. The molecule has 1 fully saturated rings. The third kappa shape index (κ3) is 5.39. The van der Waals surface area contributed by atoms with Crippen LogP contribution in [0.4, 0.5) is 5.69 Å². The van der Waals surface area contributed by atoms with Crippen molar-refractivity contribution < 1.29 is 19.4 Å². The summed E-state index contributed by atoms with van der Waals surface area (Å²) < 4.78 is 5.36. The smallest absolute Gasteiger partial charge is 0.335 e. The molecule has 0 radical (unpaired) electrons. The van der Waals surface area contributed by atoms with Gasteiger partial charge in [-0.2, -0.15) is 0 Å². The van der Waals surface area contributed by atoms with E-state index in [4.69, 9.17) is 4.74 Å². The maximum Gasteiger partial charge on any atom is 0.335 e. The summed E-state index contributed by atoms with van der Waals surface area (Å²) in [5.74, 6) is -0.809. The molecule has 1 heterocycles. The van der Waals surface area contributed by atoms with Gasteiger partial charge in [-0.1, -0.05) is 54.6 Å². The number of aromatic carboxylic acids is 1. The number of rotatable bonds is 8. The van der Waals surface area contributed by atoms with E-state index in [0.717, 1.165) is 29.9 Å². The van der Waals surface area contributed by atoms with Gasteiger partial charge < -0.3 is 20.1 Å². The molecule has 34 heavy (non-hydrogen) atoms. The van der Waals surface area contributed by atoms with Gasteiger partial charge in [0.1, 0.15) is 5.75 Å². The maximum atomic E-state index is 13.2. The minimum atomic E-state index is -1.03. The Kier molecular flexibility index (Phi) is 7.48. The number of hydrogen-bond acceptors (Lipinski definition) is 4. The van der Waals surface area contributed by atoms with E-state index in [1.165, 1.54) is 38.5 Å². The molecule has 0 spiro atoms. The lowest BCUT2D eigenvalue weighted by molar-refractivity contribution is -0.121. The summed E-state index contributed by atoms with van der Waals surface area (Å²) in [5.41, 5.74) is 3.99. The Bertz CT molecular complexity index is 1140. The number of carbonyl (C=O) groups is 2. The molecule has 0 saturated carbocycles. The molecule has 1 amide bonds. The van der Waals surface area contributed by atoms with Crippen molar-refractivity contribution in [3.63, 3.8) is 0 Å². The molecule has 2 N–H and O–H groups in total. The standard InChI is InChI=1S/C28H30N2O4/c1-34-25-18-22(28(32)33)15-14-21(25)19-26(31)29-27(20-10-4-2-5-11-20)23-12-6-7-13-24(23)30-16-8-3-9-17-30/h2,4-7,10-15,18,27H,3,8-9,16-17,19H2,1H3,(H,29,31)(H,32,33). The number of carbonyl (C=O) groups excluding carboxylic acids is 1. The molecule has 1 aliphatic rings. The fourth-order valence-corrected chi connectivity index (χ4v) is 4.55. The lowest BCUT2D eigenvalue weighted by Gasteiger charge is -2.33. The number of ether oxygens (including phenoxy) is 1. The first kappa shape index (κ1) is 23.4. The second-order valence-electron chi connectivity index (χ2n) is 8.53. The summed E-state index contributed by atoms with van der Waals surface area (Å²) >= 11 is 0. The van der Waals surface area contributed by atoms with E-state index in [0.29, 0.717) is 11.3 Å². The number of anilines is 1. The highest BCUT2D eigenvalue weighted by molar-refractivity contribution is 5.89. The number of hydrogen-bond donors (Lipinski definition) is 2. The van der Waals surface area contributed by atoms with Gasteiger partial charge in [-0.25, -0.2) is 4.79 Å². The molecule has 3 aromatic carbocycles. The molecule has 0 aliphatic carbocycles. The molecule has 4 rings (SSSR count). The summed E-state index contributed by atoms with van der Waals surface area (Å²) in [6.45, 7) is 2.03. The molecule has 3 aromatic rings. The minimum absolute atomic E-state index is 0.0816. The van der Waals surface area contributed by atoms with Crippen LogP contribution in [-0.2, 0) is 11.2 Å². The van der Waals surface area contributed by atoms with Crippen molar-refractivity contribution >= 4 is 17.6 Å². The van der Waals surface area contributed by atoms with Crippen LogP contribution >= 0.6 is 0 Å². The first-order chi connectivity index (χ1) is 16.6. The van der Waals surface area contributed by atoms with Crippen LogP contribution in [0, 0.1) is 0 Å². The van der Waals surface area contributed by atoms with E-state index >= 15 is 0 Å². The molecule has 176 valence electrons. The third-order valence-corrected chi connectivity index (χ3v) is 6.27. The summed E-state index contributed by atoms with van der Waals surface area (Å²) in [5, 5.41) is 12.5. The molecule has 1 atom stereocenters. The molecule has 0 aromatic heterocycles. The van der Waals surface area contributed by atoms with Gasteiger partial charge in [-0.3, -0.25) is 4.79 Å². The third-order valence-electron chi connectivity index (χ3n) is 6.27. The highest BCUT2D eigenvalue weighted by Gasteiger charge is 2.23. The van der Waals surface area contributed by atoms with Gasteiger partial charge in [-0.05, 0) is 43.0 Å².